The van der Waals surface area contributed by atoms with E-state index in [1.165, 1.54) is 12.1 Å². The van der Waals surface area contributed by atoms with Gasteiger partial charge in [0.25, 0.3) is 5.91 Å². The number of hydrogen-bond donors (Lipinski definition) is 2. The third-order valence-corrected chi connectivity index (χ3v) is 6.96. The monoisotopic (exact) mass is 442 g/mol. The lowest BCUT2D eigenvalue weighted by molar-refractivity contribution is 0.102. The highest BCUT2D eigenvalue weighted by Gasteiger charge is 2.27. The summed E-state index contributed by atoms with van der Waals surface area (Å²) in [6, 6.07) is 6.28. The number of benzene rings is 2. The SMILES string of the molecule is C[C@@H](NS(=O)(=O)c1ccc(F)c(C(=O)Nc2ccc(F)c(Cl)c2)c1)C1CCCC1. The summed E-state index contributed by atoms with van der Waals surface area (Å²) in [5, 5.41) is 2.18. The molecule has 2 aromatic carbocycles. The van der Waals surface area contributed by atoms with Gasteiger partial charge in [0.2, 0.25) is 10.0 Å². The van der Waals surface area contributed by atoms with Crippen LogP contribution in [0.4, 0.5) is 14.5 Å². The molecule has 3 rings (SSSR count). The Balaban J connectivity index is 1.81. The van der Waals surface area contributed by atoms with Gasteiger partial charge in [-0.1, -0.05) is 24.4 Å². The Bertz CT molecular complexity index is 1020. The van der Waals surface area contributed by atoms with Crippen molar-refractivity contribution in [3.63, 3.8) is 0 Å². The van der Waals surface area contributed by atoms with E-state index in [4.69, 9.17) is 11.6 Å². The quantitative estimate of drug-likeness (QED) is 0.679. The Morgan fingerprint density at radius 2 is 1.76 bits per heavy atom. The second-order valence-corrected chi connectivity index (χ2v) is 9.30. The molecule has 5 nitrogen and oxygen atoms in total. The van der Waals surface area contributed by atoms with E-state index in [1.54, 1.807) is 0 Å². The molecule has 9 heteroatoms. The molecular formula is C20H21ClF2N2O3S. The molecule has 2 aromatic rings. The third-order valence-electron chi connectivity index (χ3n) is 5.12. The van der Waals surface area contributed by atoms with Crippen LogP contribution in [0.25, 0.3) is 0 Å². The van der Waals surface area contributed by atoms with Gasteiger partial charge < -0.3 is 5.32 Å². The van der Waals surface area contributed by atoms with Crippen LogP contribution in [0, 0.1) is 17.6 Å². The second kappa shape index (κ2) is 8.77. The van der Waals surface area contributed by atoms with Gasteiger partial charge >= 0.3 is 0 Å². The molecule has 0 saturated heterocycles. The zero-order chi connectivity index (χ0) is 21.2. The summed E-state index contributed by atoms with van der Waals surface area (Å²) in [5.74, 6) is -2.15. The van der Waals surface area contributed by atoms with Gasteiger partial charge in [0.15, 0.2) is 0 Å². The highest BCUT2D eigenvalue weighted by molar-refractivity contribution is 7.89. The summed E-state index contributed by atoms with van der Waals surface area (Å²) in [5.41, 5.74) is -0.288. The van der Waals surface area contributed by atoms with E-state index in [-0.39, 0.29) is 27.6 Å². The van der Waals surface area contributed by atoms with E-state index in [0.717, 1.165) is 49.9 Å². The summed E-state index contributed by atoms with van der Waals surface area (Å²) >= 11 is 5.67. The highest BCUT2D eigenvalue weighted by Crippen LogP contribution is 2.28. The van der Waals surface area contributed by atoms with E-state index >= 15 is 0 Å². The van der Waals surface area contributed by atoms with Crippen molar-refractivity contribution in [3.8, 4) is 0 Å². The fourth-order valence-electron chi connectivity index (χ4n) is 3.48. The minimum absolute atomic E-state index is 0.155. The van der Waals surface area contributed by atoms with Crippen LogP contribution in [0.1, 0.15) is 43.0 Å². The number of carbonyl (C=O) groups is 1. The Kier molecular flexibility index (Phi) is 6.55. The maximum absolute atomic E-state index is 14.2. The van der Waals surface area contributed by atoms with Gasteiger partial charge in [-0.25, -0.2) is 21.9 Å². The van der Waals surface area contributed by atoms with Crippen molar-refractivity contribution in [2.24, 2.45) is 5.92 Å². The zero-order valence-corrected chi connectivity index (χ0v) is 17.3. The number of carbonyl (C=O) groups excluding carboxylic acids is 1. The first kappa shape index (κ1) is 21.7. The molecule has 29 heavy (non-hydrogen) atoms. The Morgan fingerprint density at radius 3 is 2.41 bits per heavy atom. The standard InChI is InChI=1S/C20H21ClF2N2O3S/c1-12(13-4-2-3-5-13)25-29(27,28)15-7-9-18(22)16(11-15)20(26)24-14-6-8-19(23)17(21)10-14/h6-13,25H,2-5H2,1H3,(H,24,26)/t12-/m1/s1. The lowest BCUT2D eigenvalue weighted by Crippen LogP contribution is -2.37. The normalized spacial score (nSPS) is 16.0. The van der Waals surface area contributed by atoms with Gasteiger partial charge in [0.1, 0.15) is 11.6 Å². The molecule has 156 valence electrons. The molecule has 0 spiro atoms. The number of sulfonamides is 1. The fourth-order valence-corrected chi connectivity index (χ4v) is 5.00. The topological polar surface area (TPSA) is 75.3 Å². The number of amides is 1. The minimum Gasteiger partial charge on any atom is -0.322 e. The Hall–Kier alpha value is -2.03. The molecule has 2 N–H and O–H groups in total. The van der Waals surface area contributed by atoms with Crippen molar-refractivity contribution in [1.82, 2.24) is 4.72 Å². The molecule has 0 aromatic heterocycles. The van der Waals surface area contributed by atoms with Crippen LogP contribution in [-0.2, 0) is 10.0 Å². The molecule has 0 heterocycles. The molecule has 1 amide bonds. The van der Waals surface area contributed by atoms with Crippen molar-refractivity contribution in [2.75, 3.05) is 5.32 Å². The van der Waals surface area contributed by atoms with Crippen LogP contribution in [0.2, 0.25) is 5.02 Å². The van der Waals surface area contributed by atoms with Crippen molar-refractivity contribution < 1.29 is 22.0 Å². The fraction of sp³-hybridized carbons (Fsp3) is 0.350. The Morgan fingerprint density at radius 1 is 1.10 bits per heavy atom. The highest BCUT2D eigenvalue weighted by atomic mass is 35.5. The van der Waals surface area contributed by atoms with Crippen LogP contribution in [0.5, 0.6) is 0 Å². The first-order valence-electron chi connectivity index (χ1n) is 9.25. The van der Waals surface area contributed by atoms with Gasteiger partial charge in [-0.05, 0) is 62.1 Å². The van der Waals surface area contributed by atoms with Crippen LogP contribution in [0.15, 0.2) is 41.3 Å². The van der Waals surface area contributed by atoms with Gasteiger partial charge in [-0.2, -0.15) is 0 Å². The smallest absolute Gasteiger partial charge is 0.258 e. The predicted molar refractivity (Wildman–Crippen MR) is 108 cm³/mol. The van der Waals surface area contributed by atoms with E-state index in [1.807, 2.05) is 6.92 Å². The zero-order valence-electron chi connectivity index (χ0n) is 15.7. The third kappa shape index (κ3) is 5.12. The summed E-state index contributed by atoms with van der Waals surface area (Å²) in [4.78, 5) is 12.2. The van der Waals surface area contributed by atoms with E-state index < -0.39 is 33.1 Å². The second-order valence-electron chi connectivity index (χ2n) is 7.18. The maximum Gasteiger partial charge on any atom is 0.258 e. The average molecular weight is 443 g/mol. The van der Waals surface area contributed by atoms with Crippen molar-refractivity contribution in [1.29, 1.82) is 0 Å². The van der Waals surface area contributed by atoms with Crippen LogP contribution in [0.3, 0.4) is 0 Å². The van der Waals surface area contributed by atoms with E-state index in [9.17, 15) is 22.0 Å². The summed E-state index contributed by atoms with van der Waals surface area (Å²) in [6.07, 6.45) is 4.07. The molecule has 0 radical (unpaired) electrons. The molecule has 0 aliphatic heterocycles. The number of halogens is 3. The average Bonchev–Trinajstić information content (AvgIpc) is 3.19. The van der Waals surface area contributed by atoms with Crippen molar-refractivity contribution in [3.05, 3.63) is 58.6 Å². The number of rotatable bonds is 6. The summed E-state index contributed by atoms with van der Waals surface area (Å²) < 4.78 is 55.5. The van der Waals surface area contributed by atoms with Crippen molar-refractivity contribution in [2.45, 2.75) is 43.5 Å². The van der Waals surface area contributed by atoms with Crippen molar-refractivity contribution >= 4 is 33.2 Å². The minimum atomic E-state index is -3.92. The molecule has 1 fully saturated rings. The first-order valence-corrected chi connectivity index (χ1v) is 11.1. The molecule has 0 unspecified atom stereocenters. The molecule has 0 bridgehead atoms. The number of anilines is 1. The summed E-state index contributed by atoms with van der Waals surface area (Å²) in [7, 11) is -3.92. The van der Waals surface area contributed by atoms with Crippen LogP contribution in [-0.4, -0.2) is 20.4 Å². The van der Waals surface area contributed by atoms with Gasteiger partial charge in [0, 0.05) is 11.7 Å². The lowest BCUT2D eigenvalue weighted by Gasteiger charge is -2.20. The largest absolute Gasteiger partial charge is 0.322 e. The van der Waals surface area contributed by atoms with Gasteiger partial charge in [-0.15, -0.1) is 0 Å². The summed E-state index contributed by atoms with van der Waals surface area (Å²) in [6.45, 7) is 1.81. The predicted octanol–water partition coefficient (Wildman–Crippen LogP) is 4.73. The van der Waals surface area contributed by atoms with Crippen LogP contribution >= 0.6 is 11.6 Å². The molecule has 1 saturated carbocycles. The van der Waals surface area contributed by atoms with Gasteiger partial charge in [0.05, 0.1) is 15.5 Å². The molecular weight excluding hydrogens is 422 g/mol. The Labute approximate surface area is 173 Å². The van der Waals surface area contributed by atoms with Crippen LogP contribution < -0.4 is 10.0 Å². The lowest BCUT2D eigenvalue weighted by atomic mass is 10.0. The number of hydrogen-bond acceptors (Lipinski definition) is 3. The number of nitrogens with one attached hydrogen (secondary N) is 2. The molecule has 1 aliphatic rings. The molecule has 1 aliphatic carbocycles. The van der Waals surface area contributed by atoms with E-state index in [0.29, 0.717) is 0 Å². The molecule has 1 atom stereocenters. The first-order chi connectivity index (χ1) is 13.7. The van der Waals surface area contributed by atoms with E-state index in [2.05, 4.69) is 10.0 Å². The maximum atomic E-state index is 14.2. The van der Waals surface area contributed by atoms with Gasteiger partial charge in [-0.3, -0.25) is 4.79 Å².